The van der Waals surface area contributed by atoms with Gasteiger partial charge >= 0.3 is 0 Å². The molecule has 2 aliphatic heterocycles. The number of rotatable bonds is 4. The monoisotopic (exact) mass is 336 g/mol. The standard InChI is InChI=1S/C17H24N2O3S/c20-17(14-18-10-6-12-23(18,21)22)19-11-5-4-9-16(19)13-15-7-2-1-3-8-15/h1-3,7-8,16H,4-6,9-14H2/t16-/m0/s1. The van der Waals surface area contributed by atoms with Crippen LogP contribution < -0.4 is 0 Å². The van der Waals surface area contributed by atoms with Gasteiger partial charge in [0.15, 0.2) is 0 Å². The number of likely N-dealkylation sites (tertiary alicyclic amines) is 1. The predicted molar refractivity (Wildman–Crippen MR) is 89.5 cm³/mol. The summed E-state index contributed by atoms with van der Waals surface area (Å²) in [6.45, 7) is 1.23. The molecule has 0 aliphatic carbocycles. The Bertz CT molecular complexity index is 645. The molecule has 1 atom stereocenters. The number of sulfonamides is 1. The molecule has 2 heterocycles. The fraction of sp³-hybridized carbons (Fsp3) is 0.588. The van der Waals surface area contributed by atoms with E-state index in [0.29, 0.717) is 13.0 Å². The van der Waals surface area contributed by atoms with Crippen molar-refractivity contribution in [1.29, 1.82) is 0 Å². The number of carbonyl (C=O) groups is 1. The van der Waals surface area contributed by atoms with Crippen molar-refractivity contribution in [3.63, 3.8) is 0 Å². The Kier molecular flexibility index (Phi) is 5.02. The van der Waals surface area contributed by atoms with Gasteiger partial charge in [0, 0.05) is 19.1 Å². The molecule has 0 N–H and O–H groups in total. The minimum atomic E-state index is -3.21. The van der Waals surface area contributed by atoms with Crippen LogP contribution in [0.3, 0.4) is 0 Å². The molecule has 1 aromatic rings. The lowest BCUT2D eigenvalue weighted by molar-refractivity contribution is -0.135. The Morgan fingerprint density at radius 3 is 2.57 bits per heavy atom. The van der Waals surface area contributed by atoms with E-state index in [-0.39, 0.29) is 24.2 Å². The molecule has 0 bridgehead atoms. The highest BCUT2D eigenvalue weighted by Crippen LogP contribution is 2.22. The SMILES string of the molecule is O=C(CN1CCCS1(=O)=O)N1CCCC[C@H]1Cc1ccccc1. The van der Waals surface area contributed by atoms with Crippen LogP contribution in [0.1, 0.15) is 31.2 Å². The van der Waals surface area contributed by atoms with Crippen molar-refractivity contribution in [2.24, 2.45) is 0 Å². The molecule has 2 aliphatic rings. The molecule has 126 valence electrons. The van der Waals surface area contributed by atoms with Crippen molar-refractivity contribution in [3.05, 3.63) is 35.9 Å². The zero-order chi connectivity index (χ0) is 16.3. The molecule has 23 heavy (non-hydrogen) atoms. The maximum absolute atomic E-state index is 12.7. The van der Waals surface area contributed by atoms with Crippen LogP contribution in [-0.4, -0.2) is 55.0 Å². The largest absolute Gasteiger partial charge is 0.338 e. The van der Waals surface area contributed by atoms with E-state index in [4.69, 9.17) is 0 Å². The molecule has 2 saturated heterocycles. The lowest BCUT2D eigenvalue weighted by Crippen LogP contribution is -2.49. The maximum atomic E-state index is 12.7. The molecular weight excluding hydrogens is 312 g/mol. The number of nitrogens with zero attached hydrogens (tertiary/aromatic N) is 2. The van der Waals surface area contributed by atoms with Crippen molar-refractivity contribution >= 4 is 15.9 Å². The lowest BCUT2D eigenvalue weighted by Gasteiger charge is -2.36. The van der Waals surface area contributed by atoms with Gasteiger partial charge in [0.2, 0.25) is 15.9 Å². The molecule has 0 aromatic heterocycles. The van der Waals surface area contributed by atoms with Crippen LogP contribution in [0.4, 0.5) is 0 Å². The average molecular weight is 336 g/mol. The van der Waals surface area contributed by atoms with E-state index in [2.05, 4.69) is 12.1 Å². The van der Waals surface area contributed by atoms with Crippen LogP contribution in [0.5, 0.6) is 0 Å². The van der Waals surface area contributed by atoms with Gasteiger partial charge in [-0.1, -0.05) is 30.3 Å². The van der Waals surface area contributed by atoms with Crippen LogP contribution in [0, 0.1) is 0 Å². The van der Waals surface area contributed by atoms with E-state index in [1.807, 2.05) is 23.1 Å². The minimum absolute atomic E-state index is 0.00756. The lowest BCUT2D eigenvalue weighted by atomic mass is 9.95. The molecule has 5 nitrogen and oxygen atoms in total. The van der Waals surface area contributed by atoms with Crippen molar-refractivity contribution in [2.75, 3.05) is 25.4 Å². The van der Waals surface area contributed by atoms with E-state index in [0.717, 1.165) is 32.2 Å². The number of piperidine rings is 1. The van der Waals surface area contributed by atoms with Crippen LogP contribution in [0.15, 0.2) is 30.3 Å². The fourth-order valence-electron chi connectivity index (χ4n) is 3.54. The first-order valence-electron chi connectivity index (χ1n) is 8.37. The summed E-state index contributed by atoms with van der Waals surface area (Å²) in [5, 5.41) is 0. The number of carbonyl (C=O) groups excluding carboxylic acids is 1. The third-order valence-electron chi connectivity index (χ3n) is 4.78. The third kappa shape index (κ3) is 3.93. The van der Waals surface area contributed by atoms with Crippen molar-refractivity contribution in [2.45, 2.75) is 38.1 Å². The van der Waals surface area contributed by atoms with E-state index in [9.17, 15) is 13.2 Å². The average Bonchev–Trinajstić information content (AvgIpc) is 2.87. The van der Waals surface area contributed by atoms with E-state index in [1.165, 1.54) is 9.87 Å². The Balaban J connectivity index is 1.67. The topological polar surface area (TPSA) is 57.7 Å². The summed E-state index contributed by atoms with van der Waals surface area (Å²) in [4.78, 5) is 14.6. The molecule has 6 heteroatoms. The Morgan fingerprint density at radius 2 is 1.87 bits per heavy atom. The molecule has 0 unspecified atom stereocenters. The first-order chi connectivity index (χ1) is 11.1. The van der Waals surface area contributed by atoms with Gasteiger partial charge < -0.3 is 4.90 Å². The van der Waals surface area contributed by atoms with Gasteiger partial charge in [0.05, 0.1) is 12.3 Å². The van der Waals surface area contributed by atoms with Gasteiger partial charge in [0.1, 0.15) is 0 Å². The summed E-state index contributed by atoms with van der Waals surface area (Å²) in [6.07, 6.45) is 4.60. The zero-order valence-corrected chi connectivity index (χ0v) is 14.2. The Morgan fingerprint density at radius 1 is 1.09 bits per heavy atom. The summed E-state index contributed by atoms with van der Waals surface area (Å²) in [5.74, 6) is 0.129. The molecular formula is C17H24N2O3S. The van der Waals surface area contributed by atoms with Crippen LogP contribution in [0.2, 0.25) is 0 Å². The summed E-state index contributed by atoms with van der Waals surface area (Å²) in [6, 6.07) is 10.4. The second-order valence-electron chi connectivity index (χ2n) is 6.43. The van der Waals surface area contributed by atoms with Gasteiger partial charge in [-0.15, -0.1) is 0 Å². The first kappa shape index (κ1) is 16.5. The number of amides is 1. The second-order valence-corrected chi connectivity index (χ2v) is 8.52. The zero-order valence-electron chi connectivity index (χ0n) is 13.4. The quantitative estimate of drug-likeness (QED) is 0.840. The Labute approximate surface area is 138 Å². The van der Waals surface area contributed by atoms with Crippen molar-refractivity contribution < 1.29 is 13.2 Å². The van der Waals surface area contributed by atoms with Crippen molar-refractivity contribution in [1.82, 2.24) is 9.21 Å². The summed E-state index contributed by atoms with van der Waals surface area (Å²) >= 11 is 0. The maximum Gasteiger partial charge on any atom is 0.238 e. The van der Waals surface area contributed by atoms with Gasteiger partial charge in [-0.3, -0.25) is 4.79 Å². The molecule has 0 radical (unpaired) electrons. The number of hydrogen-bond acceptors (Lipinski definition) is 3. The predicted octanol–water partition coefficient (Wildman–Crippen LogP) is 1.65. The minimum Gasteiger partial charge on any atom is -0.338 e. The Hall–Kier alpha value is -1.40. The first-order valence-corrected chi connectivity index (χ1v) is 9.98. The third-order valence-corrected chi connectivity index (χ3v) is 6.68. The highest BCUT2D eigenvalue weighted by atomic mass is 32.2. The number of hydrogen-bond donors (Lipinski definition) is 0. The van der Waals surface area contributed by atoms with Crippen LogP contribution >= 0.6 is 0 Å². The molecule has 0 spiro atoms. The van der Waals surface area contributed by atoms with Crippen LogP contribution in [-0.2, 0) is 21.2 Å². The van der Waals surface area contributed by atoms with Gasteiger partial charge in [-0.25, -0.2) is 8.42 Å². The number of benzene rings is 1. The smallest absolute Gasteiger partial charge is 0.238 e. The molecule has 1 amide bonds. The van der Waals surface area contributed by atoms with Crippen LogP contribution in [0.25, 0.3) is 0 Å². The highest BCUT2D eigenvalue weighted by molar-refractivity contribution is 7.89. The fourth-order valence-corrected chi connectivity index (χ4v) is 5.00. The van der Waals surface area contributed by atoms with E-state index < -0.39 is 10.0 Å². The molecule has 0 saturated carbocycles. The highest BCUT2D eigenvalue weighted by Gasteiger charge is 2.33. The molecule has 3 rings (SSSR count). The summed E-state index contributed by atoms with van der Waals surface area (Å²) in [7, 11) is -3.21. The second kappa shape index (κ2) is 7.01. The molecule has 1 aromatic carbocycles. The summed E-state index contributed by atoms with van der Waals surface area (Å²) in [5.41, 5.74) is 1.23. The van der Waals surface area contributed by atoms with Crippen molar-refractivity contribution in [3.8, 4) is 0 Å². The summed E-state index contributed by atoms with van der Waals surface area (Å²) < 4.78 is 25.2. The van der Waals surface area contributed by atoms with E-state index >= 15 is 0 Å². The molecule has 2 fully saturated rings. The van der Waals surface area contributed by atoms with Gasteiger partial charge in [0.25, 0.3) is 0 Å². The van der Waals surface area contributed by atoms with Gasteiger partial charge in [-0.05, 0) is 37.7 Å². The van der Waals surface area contributed by atoms with Gasteiger partial charge in [-0.2, -0.15) is 4.31 Å². The van der Waals surface area contributed by atoms with E-state index in [1.54, 1.807) is 0 Å². The normalized spacial score (nSPS) is 24.7.